The molecule has 1 fully saturated rings. The minimum absolute atomic E-state index is 0.344. The molecule has 0 radical (unpaired) electrons. The second-order valence-corrected chi connectivity index (χ2v) is 7.30. The number of benzene rings is 1. The first-order valence-corrected chi connectivity index (χ1v) is 9.23. The highest BCUT2D eigenvalue weighted by Gasteiger charge is 2.35. The van der Waals surface area contributed by atoms with Crippen molar-refractivity contribution in [3.63, 3.8) is 0 Å². The number of nitrogens with zero attached hydrogens (tertiary/aromatic N) is 1. The molecule has 3 rings (SSSR count). The molecule has 6 nitrogen and oxygen atoms in total. The average molecular weight is 378 g/mol. The molecule has 1 saturated heterocycles. The van der Waals surface area contributed by atoms with Crippen molar-refractivity contribution in [1.29, 1.82) is 0 Å². The second-order valence-electron chi connectivity index (χ2n) is 6.90. The van der Waals surface area contributed by atoms with E-state index < -0.39 is 12.0 Å². The molecule has 0 saturated carbocycles. The van der Waals surface area contributed by atoms with Crippen LogP contribution in [0.3, 0.4) is 0 Å². The van der Waals surface area contributed by atoms with E-state index in [9.17, 15) is 9.59 Å². The number of rotatable bonds is 4. The predicted molar refractivity (Wildman–Crippen MR) is 99.7 cm³/mol. The molecular formula is C19H24ClN3O3. The topological polar surface area (TPSA) is 70.7 Å². The molecule has 1 aromatic rings. The van der Waals surface area contributed by atoms with Gasteiger partial charge in [-0.05, 0) is 43.5 Å². The van der Waals surface area contributed by atoms with Crippen LogP contribution in [0, 0.1) is 5.92 Å². The number of likely N-dealkylation sites (tertiary alicyclic amines) is 1. The van der Waals surface area contributed by atoms with E-state index in [1.165, 1.54) is 7.11 Å². The third-order valence-corrected chi connectivity index (χ3v) is 5.38. The van der Waals surface area contributed by atoms with Crippen molar-refractivity contribution in [1.82, 2.24) is 15.5 Å². The zero-order valence-corrected chi connectivity index (χ0v) is 15.8. The Hall–Kier alpha value is -2.05. The predicted octanol–water partition coefficient (Wildman–Crippen LogP) is 2.85. The van der Waals surface area contributed by atoms with Gasteiger partial charge in [0.05, 0.1) is 18.7 Å². The number of amides is 2. The van der Waals surface area contributed by atoms with Crippen LogP contribution in [0.2, 0.25) is 5.02 Å². The van der Waals surface area contributed by atoms with Gasteiger partial charge in [0, 0.05) is 17.3 Å². The normalized spacial score (nSPS) is 22.0. The molecule has 7 heteroatoms. The van der Waals surface area contributed by atoms with Gasteiger partial charge in [0.2, 0.25) is 0 Å². The Morgan fingerprint density at radius 2 is 2.00 bits per heavy atom. The van der Waals surface area contributed by atoms with Crippen LogP contribution >= 0.6 is 11.6 Å². The van der Waals surface area contributed by atoms with Gasteiger partial charge < -0.3 is 15.4 Å². The molecule has 26 heavy (non-hydrogen) atoms. The van der Waals surface area contributed by atoms with Gasteiger partial charge in [0.25, 0.3) is 0 Å². The van der Waals surface area contributed by atoms with Crippen LogP contribution in [0.1, 0.15) is 31.4 Å². The summed E-state index contributed by atoms with van der Waals surface area (Å²) in [4.78, 5) is 27.0. The number of ether oxygens (including phenoxy) is 1. The SMILES string of the molecule is COC(=O)C1=C(CN2CCC(C)CC2)NC(=O)N[C@H]1c1ccccc1Cl. The largest absolute Gasteiger partial charge is 0.466 e. The van der Waals surface area contributed by atoms with Gasteiger partial charge in [0.15, 0.2) is 0 Å². The molecule has 2 N–H and O–H groups in total. The van der Waals surface area contributed by atoms with Crippen molar-refractivity contribution in [3.05, 3.63) is 46.1 Å². The number of urea groups is 1. The number of carbonyl (C=O) groups excluding carboxylic acids is 2. The number of methoxy groups -OCH3 is 1. The standard InChI is InChI=1S/C19H24ClN3O3/c1-12-7-9-23(10-8-12)11-15-16(18(24)26-2)17(22-19(25)21-15)13-5-3-4-6-14(13)20/h3-6,12,17H,7-11H2,1-2H3,(H2,21,22,25)/t17-/m0/s1. The number of carbonyl (C=O) groups is 2. The third-order valence-electron chi connectivity index (χ3n) is 5.03. The number of halogens is 1. The molecular weight excluding hydrogens is 354 g/mol. The summed E-state index contributed by atoms with van der Waals surface area (Å²) in [5.74, 6) is 0.238. The number of hydrogen-bond acceptors (Lipinski definition) is 4. The van der Waals surface area contributed by atoms with Crippen molar-refractivity contribution in [2.24, 2.45) is 5.92 Å². The van der Waals surface area contributed by atoms with Crippen molar-refractivity contribution >= 4 is 23.6 Å². The highest BCUT2D eigenvalue weighted by molar-refractivity contribution is 6.31. The minimum Gasteiger partial charge on any atom is -0.466 e. The van der Waals surface area contributed by atoms with E-state index in [-0.39, 0.29) is 6.03 Å². The van der Waals surface area contributed by atoms with Gasteiger partial charge in [0.1, 0.15) is 0 Å². The lowest BCUT2D eigenvalue weighted by atomic mass is 9.94. The number of nitrogens with one attached hydrogen (secondary N) is 2. The van der Waals surface area contributed by atoms with E-state index in [0.29, 0.717) is 34.3 Å². The number of hydrogen-bond donors (Lipinski definition) is 2. The first-order chi connectivity index (χ1) is 12.5. The van der Waals surface area contributed by atoms with Gasteiger partial charge in [-0.3, -0.25) is 4.90 Å². The Balaban J connectivity index is 1.96. The van der Waals surface area contributed by atoms with E-state index in [1.807, 2.05) is 18.2 Å². The Labute approximate surface area is 158 Å². The second kappa shape index (κ2) is 8.10. The minimum atomic E-state index is -0.636. The summed E-state index contributed by atoms with van der Waals surface area (Å²) in [7, 11) is 1.34. The number of piperidine rings is 1. The van der Waals surface area contributed by atoms with Crippen LogP contribution in [-0.2, 0) is 9.53 Å². The molecule has 0 unspecified atom stereocenters. The quantitative estimate of drug-likeness (QED) is 0.791. The van der Waals surface area contributed by atoms with E-state index in [2.05, 4.69) is 22.5 Å². The molecule has 0 aliphatic carbocycles. The monoisotopic (exact) mass is 377 g/mol. The molecule has 0 aromatic heterocycles. The summed E-state index contributed by atoms with van der Waals surface area (Å²) in [6, 6.07) is 6.21. The Kier molecular flexibility index (Phi) is 5.84. The van der Waals surface area contributed by atoms with E-state index in [1.54, 1.807) is 6.07 Å². The zero-order chi connectivity index (χ0) is 18.7. The summed E-state index contributed by atoms with van der Waals surface area (Å²) in [6.45, 7) is 4.64. The fourth-order valence-corrected chi connectivity index (χ4v) is 3.72. The fourth-order valence-electron chi connectivity index (χ4n) is 3.48. The smallest absolute Gasteiger partial charge is 0.338 e. The maximum absolute atomic E-state index is 12.5. The average Bonchev–Trinajstić information content (AvgIpc) is 2.63. The van der Waals surface area contributed by atoms with E-state index in [4.69, 9.17) is 16.3 Å². The summed E-state index contributed by atoms with van der Waals surface area (Å²) < 4.78 is 5.00. The Morgan fingerprint density at radius 1 is 1.31 bits per heavy atom. The van der Waals surface area contributed by atoms with E-state index >= 15 is 0 Å². The van der Waals surface area contributed by atoms with Crippen LogP contribution in [0.4, 0.5) is 4.79 Å². The Bertz CT molecular complexity index is 726. The third kappa shape index (κ3) is 4.02. The van der Waals surface area contributed by atoms with Crippen LogP contribution in [-0.4, -0.2) is 43.6 Å². The van der Waals surface area contributed by atoms with Gasteiger partial charge in [-0.2, -0.15) is 0 Å². The van der Waals surface area contributed by atoms with Crippen molar-refractivity contribution in [3.8, 4) is 0 Å². The van der Waals surface area contributed by atoms with Crippen molar-refractivity contribution in [2.45, 2.75) is 25.8 Å². The highest BCUT2D eigenvalue weighted by Crippen LogP contribution is 2.32. The fraction of sp³-hybridized carbons (Fsp3) is 0.474. The van der Waals surface area contributed by atoms with Gasteiger partial charge in [-0.15, -0.1) is 0 Å². The molecule has 1 aromatic carbocycles. The van der Waals surface area contributed by atoms with Crippen LogP contribution in [0.25, 0.3) is 0 Å². The molecule has 1 atom stereocenters. The highest BCUT2D eigenvalue weighted by atomic mass is 35.5. The maximum atomic E-state index is 12.5. The summed E-state index contributed by atoms with van der Waals surface area (Å²) in [5, 5.41) is 6.10. The lowest BCUT2D eigenvalue weighted by molar-refractivity contribution is -0.136. The molecule has 140 valence electrons. The molecule has 0 spiro atoms. The lowest BCUT2D eigenvalue weighted by Crippen LogP contribution is -2.49. The van der Waals surface area contributed by atoms with Crippen molar-refractivity contribution < 1.29 is 14.3 Å². The summed E-state index contributed by atoms with van der Waals surface area (Å²) in [5.41, 5.74) is 1.66. The lowest BCUT2D eigenvalue weighted by Gasteiger charge is -2.34. The first-order valence-electron chi connectivity index (χ1n) is 8.85. The first kappa shape index (κ1) is 18.7. The van der Waals surface area contributed by atoms with Crippen LogP contribution in [0.15, 0.2) is 35.5 Å². The Morgan fingerprint density at radius 3 is 2.65 bits per heavy atom. The molecule has 2 aliphatic rings. The maximum Gasteiger partial charge on any atom is 0.338 e. The number of esters is 1. The van der Waals surface area contributed by atoms with Gasteiger partial charge in [-0.1, -0.05) is 36.7 Å². The van der Waals surface area contributed by atoms with Crippen LogP contribution < -0.4 is 10.6 Å². The summed E-state index contributed by atoms with van der Waals surface area (Å²) in [6.07, 6.45) is 2.22. The molecule has 2 heterocycles. The van der Waals surface area contributed by atoms with Crippen LogP contribution in [0.5, 0.6) is 0 Å². The zero-order valence-electron chi connectivity index (χ0n) is 15.0. The molecule has 2 amide bonds. The summed E-state index contributed by atoms with van der Waals surface area (Å²) >= 11 is 6.32. The van der Waals surface area contributed by atoms with E-state index in [0.717, 1.165) is 25.9 Å². The van der Waals surface area contributed by atoms with Gasteiger partial charge in [-0.25, -0.2) is 9.59 Å². The van der Waals surface area contributed by atoms with Crippen molar-refractivity contribution in [2.75, 3.05) is 26.7 Å². The molecule has 2 aliphatic heterocycles. The van der Waals surface area contributed by atoms with Gasteiger partial charge >= 0.3 is 12.0 Å². The molecule has 0 bridgehead atoms.